The van der Waals surface area contributed by atoms with E-state index in [1.54, 1.807) is 0 Å². The fraction of sp³-hybridized carbons (Fsp3) is 0.880. The average Bonchev–Trinajstić information content (AvgIpc) is 2.97. The monoisotopic (exact) mass is 385 g/mol. The van der Waals surface area contributed by atoms with E-state index in [-0.39, 0.29) is 18.0 Å². The Hall–Kier alpha value is -0.830. The molecule has 3 aliphatic carbocycles. The molecule has 0 N–H and O–H groups in total. The van der Waals surface area contributed by atoms with E-state index in [2.05, 4.69) is 39.2 Å². The molecule has 5 fully saturated rings. The second-order valence-corrected chi connectivity index (χ2v) is 12.5. The third-order valence-electron chi connectivity index (χ3n) is 9.27. The summed E-state index contributed by atoms with van der Waals surface area (Å²) >= 11 is 0. The van der Waals surface area contributed by atoms with Gasteiger partial charge in [0.2, 0.25) is 0 Å². The molecule has 2 aliphatic heterocycles. The van der Waals surface area contributed by atoms with Crippen molar-refractivity contribution in [3.63, 3.8) is 0 Å². The van der Waals surface area contributed by atoms with Gasteiger partial charge in [-0.05, 0) is 73.5 Å². The van der Waals surface area contributed by atoms with Gasteiger partial charge in [0.25, 0.3) is 0 Å². The molecule has 0 amide bonds. The van der Waals surface area contributed by atoms with Crippen LogP contribution in [0.5, 0.6) is 0 Å². The number of likely N-dealkylation sites (tertiary alicyclic amines) is 1. The first-order valence-electron chi connectivity index (χ1n) is 11.7. The van der Waals surface area contributed by atoms with E-state index in [1.165, 1.54) is 44.1 Å². The van der Waals surface area contributed by atoms with Gasteiger partial charge in [-0.25, -0.2) is 0 Å². The van der Waals surface area contributed by atoms with Gasteiger partial charge in [0, 0.05) is 25.0 Å². The van der Waals surface area contributed by atoms with Crippen LogP contribution in [-0.4, -0.2) is 36.1 Å². The van der Waals surface area contributed by atoms with Crippen molar-refractivity contribution in [2.24, 2.45) is 34.0 Å². The molecule has 7 atom stereocenters. The third kappa shape index (κ3) is 2.99. The van der Waals surface area contributed by atoms with Gasteiger partial charge < -0.3 is 4.74 Å². The predicted molar refractivity (Wildman–Crippen MR) is 112 cm³/mol. The molecule has 0 aromatic heterocycles. The zero-order valence-corrected chi connectivity index (χ0v) is 18.4. The van der Waals surface area contributed by atoms with Crippen LogP contribution in [0, 0.1) is 34.0 Å². The van der Waals surface area contributed by atoms with Crippen LogP contribution >= 0.6 is 0 Å². The van der Waals surface area contributed by atoms with E-state index in [0.717, 1.165) is 25.9 Å². The molecular weight excluding hydrogens is 346 g/mol. The molecule has 0 radical (unpaired) electrons. The minimum atomic E-state index is 0.0790. The molecule has 156 valence electrons. The van der Waals surface area contributed by atoms with Gasteiger partial charge in [0.05, 0.1) is 5.92 Å². The van der Waals surface area contributed by atoms with E-state index < -0.39 is 0 Å². The summed E-state index contributed by atoms with van der Waals surface area (Å²) in [4.78, 5) is 15.6. The lowest BCUT2D eigenvalue weighted by atomic mass is 9.55. The van der Waals surface area contributed by atoms with Crippen molar-refractivity contribution in [3.8, 4) is 0 Å². The number of hydrogen-bond donors (Lipinski definition) is 0. The highest BCUT2D eigenvalue weighted by Crippen LogP contribution is 2.58. The van der Waals surface area contributed by atoms with Crippen LogP contribution < -0.4 is 0 Å². The maximum Gasteiger partial charge on any atom is 0.310 e. The van der Waals surface area contributed by atoms with Crippen molar-refractivity contribution in [1.29, 1.82) is 0 Å². The number of fused-ring (bicyclic) bond motifs is 4. The summed E-state index contributed by atoms with van der Waals surface area (Å²) in [6, 6.07) is 0.652. The molecule has 28 heavy (non-hydrogen) atoms. The van der Waals surface area contributed by atoms with Crippen LogP contribution in [-0.2, 0) is 9.53 Å². The van der Waals surface area contributed by atoms with Crippen LogP contribution in [0.4, 0.5) is 0 Å². The summed E-state index contributed by atoms with van der Waals surface area (Å²) in [7, 11) is 0. The van der Waals surface area contributed by atoms with Crippen LogP contribution in [0.3, 0.4) is 0 Å². The van der Waals surface area contributed by atoms with Crippen molar-refractivity contribution >= 4 is 5.97 Å². The highest BCUT2D eigenvalue weighted by molar-refractivity contribution is 5.75. The topological polar surface area (TPSA) is 29.5 Å². The molecule has 0 aromatic carbocycles. The van der Waals surface area contributed by atoms with Crippen molar-refractivity contribution < 1.29 is 9.53 Å². The van der Waals surface area contributed by atoms with E-state index in [0.29, 0.717) is 34.1 Å². The summed E-state index contributed by atoms with van der Waals surface area (Å²) in [5.41, 5.74) is 2.60. The summed E-state index contributed by atoms with van der Waals surface area (Å²) in [6.07, 6.45) is 9.93. The normalized spacial score (nSPS) is 50.2. The zero-order chi connectivity index (χ0) is 19.9. The van der Waals surface area contributed by atoms with Gasteiger partial charge in [-0.2, -0.15) is 0 Å². The van der Waals surface area contributed by atoms with E-state index >= 15 is 0 Å². The van der Waals surface area contributed by atoms with E-state index in [9.17, 15) is 4.79 Å². The van der Waals surface area contributed by atoms with Crippen molar-refractivity contribution in [2.45, 2.75) is 91.2 Å². The quantitative estimate of drug-likeness (QED) is 0.483. The number of allylic oxidation sites excluding steroid dienone is 1. The molecule has 2 heterocycles. The Morgan fingerprint density at radius 3 is 2.75 bits per heavy atom. The smallest absolute Gasteiger partial charge is 0.310 e. The number of nitrogens with zero attached hydrogens (tertiary/aromatic N) is 1. The molecule has 3 heteroatoms. The number of carbonyl (C=O) groups excluding carboxylic acids is 1. The molecule has 5 rings (SSSR count). The minimum absolute atomic E-state index is 0.0790. The number of esters is 1. The second kappa shape index (κ2) is 6.09. The SMILES string of the molecule is C=C1CCC[C@]2(C)C[C@H]3OC(=O)[C@H](CN4C[C@@]5(C)C[C@@H]4CC(C)(C)C5)[C@H]3C[C@@H]12. The Bertz CT molecular complexity index is 699. The van der Waals surface area contributed by atoms with Crippen molar-refractivity contribution in [1.82, 2.24) is 4.90 Å². The van der Waals surface area contributed by atoms with Gasteiger partial charge in [0.15, 0.2) is 0 Å². The Morgan fingerprint density at radius 1 is 1.18 bits per heavy atom. The van der Waals surface area contributed by atoms with Gasteiger partial charge >= 0.3 is 5.97 Å². The summed E-state index contributed by atoms with van der Waals surface area (Å²) < 4.78 is 6.02. The maximum atomic E-state index is 12.9. The number of hydrogen-bond acceptors (Lipinski definition) is 3. The summed E-state index contributed by atoms with van der Waals surface area (Å²) in [5, 5.41) is 0. The Kier molecular flexibility index (Phi) is 4.17. The average molecular weight is 386 g/mol. The van der Waals surface area contributed by atoms with Crippen molar-refractivity contribution in [3.05, 3.63) is 12.2 Å². The van der Waals surface area contributed by atoms with Gasteiger partial charge in [-0.1, -0.05) is 39.8 Å². The number of rotatable bonds is 2. The molecule has 0 aromatic rings. The number of carbonyl (C=O) groups is 1. The fourth-order valence-corrected chi connectivity index (χ4v) is 8.51. The van der Waals surface area contributed by atoms with Crippen molar-refractivity contribution in [2.75, 3.05) is 13.1 Å². The van der Waals surface area contributed by atoms with Crippen LogP contribution in [0.1, 0.15) is 79.1 Å². The lowest BCUT2D eigenvalue weighted by Crippen LogP contribution is -2.46. The van der Waals surface area contributed by atoms with E-state index in [4.69, 9.17) is 4.74 Å². The number of ether oxygens (including phenoxy) is 1. The summed E-state index contributed by atoms with van der Waals surface area (Å²) in [5.74, 6) is 1.17. The molecule has 0 unspecified atom stereocenters. The molecule has 2 bridgehead atoms. The first-order chi connectivity index (χ1) is 13.1. The molecule has 5 aliphatic rings. The molecule has 3 nitrogen and oxygen atoms in total. The summed E-state index contributed by atoms with van der Waals surface area (Å²) in [6.45, 7) is 16.3. The largest absolute Gasteiger partial charge is 0.462 e. The second-order valence-electron chi connectivity index (χ2n) is 12.5. The molecular formula is C25H39NO2. The third-order valence-corrected chi connectivity index (χ3v) is 9.27. The zero-order valence-electron chi connectivity index (χ0n) is 18.4. The van der Waals surface area contributed by atoms with Gasteiger partial charge in [0.1, 0.15) is 6.10 Å². The maximum absolute atomic E-state index is 12.9. The first kappa shape index (κ1) is 19.2. The Balaban J connectivity index is 1.34. The van der Waals surface area contributed by atoms with Crippen LogP contribution in [0.15, 0.2) is 12.2 Å². The minimum Gasteiger partial charge on any atom is -0.462 e. The standard InChI is InChI=1S/C25H39NO2/c1-16-7-6-8-25(5)12-21-18(9-20(16)25)19(22(27)28-21)13-26-15-24(4)11-17(26)10-23(2,3)14-24/h17-21H,1,6-15H2,2-5H3/t17-,18+,19+,20-,21+,24-,25+/m0/s1. The van der Waals surface area contributed by atoms with Gasteiger partial charge in [-0.3, -0.25) is 9.69 Å². The van der Waals surface area contributed by atoms with E-state index in [1.807, 2.05) is 0 Å². The molecule has 0 spiro atoms. The highest BCUT2D eigenvalue weighted by Gasteiger charge is 2.57. The van der Waals surface area contributed by atoms with Crippen LogP contribution in [0.25, 0.3) is 0 Å². The Labute approximate surface area is 171 Å². The van der Waals surface area contributed by atoms with Crippen LogP contribution in [0.2, 0.25) is 0 Å². The first-order valence-corrected chi connectivity index (χ1v) is 11.7. The lowest BCUT2D eigenvalue weighted by molar-refractivity contribution is -0.146. The van der Waals surface area contributed by atoms with Gasteiger partial charge in [-0.15, -0.1) is 0 Å². The Morgan fingerprint density at radius 2 is 1.96 bits per heavy atom. The highest BCUT2D eigenvalue weighted by atomic mass is 16.6. The predicted octanol–water partition coefficient (Wildman–Crippen LogP) is 5.20. The fourth-order valence-electron chi connectivity index (χ4n) is 8.51. The lowest BCUT2D eigenvalue weighted by Gasteiger charge is -2.50. The molecule has 3 saturated carbocycles. The molecule has 2 saturated heterocycles.